The quantitative estimate of drug-likeness (QED) is 0.848. The molecule has 1 saturated heterocycles. The highest BCUT2D eigenvalue weighted by atomic mass is 19.1. The summed E-state index contributed by atoms with van der Waals surface area (Å²) in [6.07, 6.45) is 1.10. The molecule has 0 saturated carbocycles. The predicted molar refractivity (Wildman–Crippen MR) is 62.7 cm³/mol. The molecule has 0 unspecified atom stereocenters. The van der Waals surface area contributed by atoms with E-state index in [0.717, 1.165) is 25.9 Å². The third-order valence-corrected chi connectivity index (χ3v) is 2.90. The van der Waals surface area contributed by atoms with Gasteiger partial charge in [0.05, 0.1) is 5.69 Å². The Morgan fingerprint density at radius 3 is 2.71 bits per heavy atom. The van der Waals surface area contributed by atoms with Crippen LogP contribution in [0.5, 0.6) is 0 Å². The Labute approximate surface area is 99.0 Å². The van der Waals surface area contributed by atoms with E-state index in [0.29, 0.717) is 11.3 Å². The van der Waals surface area contributed by atoms with Crippen molar-refractivity contribution in [2.75, 3.05) is 18.0 Å². The zero-order chi connectivity index (χ0) is 12.3. The molecular weight excluding hydrogens is 223 g/mol. The molecule has 0 aliphatic carbocycles. The van der Waals surface area contributed by atoms with Crippen molar-refractivity contribution in [3.05, 3.63) is 29.6 Å². The Hall–Kier alpha value is -1.78. The van der Waals surface area contributed by atoms with Gasteiger partial charge in [-0.05, 0) is 30.5 Å². The number of halogens is 1. The van der Waals surface area contributed by atoms with Crippen LogP contribution in [0.1, 0.15) is 18.4 Å². The van der Waals surface area contributed by atoms with Crippen LogP contribution in [0, 0.1) is 5.82 Å². The van der Waals surface area contributed by atoms with Crippen LogP contribution in [0.15, 0.2) is 18.2 Å². The molecule has 2 rings (SSSR count). The molecule has 0 aromatic heterocycles. The van der Waals surface area contributed by atoms with Gasteiger partial charge in [-0.1, -0.05) is 6.07 Å². The lowest BCUT2D eigenvalue weighted by Gasteiger charge is -2.18. The van der Waals surface area contributed by atoms with Crippen LogP contribution in [-0.2, 0) is 6.54 Å². The summed E-state index contributed by atoms with van der Waals surface area (Å²) in [4.78, 5) is 12.3. The average molecular weight is 238 g/mol. The monoisotopic (exact) mass is 238 g/mol. The molecule has 0 spiro atoms. The van der Waals surface area contributed by atoms with Gasteiger partial charge in [0.15, 0.2) is 0 Å². The number of hydrogen-bond donors (Lipinski definition) is 2. The van der Waals surface area contributed by atoms with Gasteiger partial charge in [0.25, 0.3) is 0 Å². The Balaban J connectivity index is 2.08. The van der Waals surface area contributed by atoms with Gasteiger partial charge in [0.2, 0.25) is 0 Å². The topological polar surface area (TPSA) is 52.6 Å². The summed E-state index contributed by atoms with van der Waals surface area (Å²) in [5.41, 5.74) is 1.24. The Bertz CT molecular complexity index is 417. The lowest BCUT2D eigenvalue weighted by Crippen LogP contribution is -2.21. The number of rotatable bonds is 3. The molecule has 1 aliphatic rings. The maximum Gasteiger partial charge on any atom is 0.404 e. The summed E-state index contributed by atoms with van der Waals surface area (Å²) in [6, 6.07) is 4.87. The van der Waals surface area contributed by atoms with Gasteiger partial charge < -0.3 is 15.3 Å². The van der Waals surface area contributed by atoms with E-state index < -0.39 is 6.09 Å². The van der Waals surface area contributed by atoms with Crippen molar-refractivity contribution in [3.63, 3.8) is 0 Å². The molecule has 1 aromatic rings. The first-order valence-corrected chi connectivity index (χ1v) is 5.67. The minimum absolute atomic E-state index is 0.131. The number of hydrogen-bond acceptors (Lipinski definition) is 2. The lowest BCUT2D eigenvalue weighted by atomic mass is 10.2. The summed E-state index contributed by atoms with van der Waals surface area (Å²) >= 11 is 0. The summed E-state index contributed by atoms with van der Waals surface area (Å²) in [5.74, 6) is -0.281. The van der Waals surface area contributed by atoms with Crippen molar-refractivity contribution in [2.24, 2.45) is 0 Å². The van der Waals surface area contributed by atoms with Crippen LogP contribution >= 0.6 is 0 Å². The summed E-state index contributed by atoms with van der Waals surface area (Å²) in [6.45, 7) is 1.92. The second-order valence-electron chi connectivity index (χ2n) is 4.14. The van der Waals surface area contributed by atoms with Gasteiger partial charge in [0.1, 0.15) is 5.82 Å². The second kappa shape index (κ2) is 5.03. The molecule has 2 N–H and O–H groups in total. The normalized spacial score (nSPS) is 15.0. The summed E-state index contributed by atoms with van der Waals surface area (Å²) < 4.78 is 13.8. The highest BCUT2D eigenvalue weighted by Crippen LogP contribution is 2.24. The molecule has 1 fully saturated rings. The smallest absolute Gasteiger partial charge is 0.404 e. The van der Waals surface area contributed by atoms with Crippen LogP contribution in [0.4, 0.5) is 14.9 Å². The van der Waals surface area contributed by atoms with Gasteiger partial charge in [-0.2, -0.15) is 0 Å². The number of carboxylic acid groups (broad SMARTS) is 1. The maximum atomic E-state index is 13.8. The third-order valence-electron chi connectivity index (χ3n) is 2.90. The summed E-state index contributed by atoms with van der Waals surface area (Å²) in [5, 5.41) is 10.7. The van der Waals surface area contributed by atoms with Crippen molar-refractivity contribution in [1.82, 2.24) is 5.32 Å². The van der Waals surface area contributed by atoms with Crippen molar-refractivity contribution >= 4 is 11.8 Å². The van der Waals surface area contributed by atoms with Gasteiger partial charge in [0, 0.05) is 19.6 Å². The van der Waals surface area contributed by atoms with Crippen LogP contribution in [0.2, 0.25) is 0 Å². The highest BCUT2D eigenvalue weighted by Gasteiger charge is 2.16. The number of anilines is 1. The zero-order valence-corrected chi connectivity index (χ0v) is 9.45. The lowest BCUT2D eigenvalue weighted by molar-refractivity contribution is 0.194. The molecule has 1 heterocycles. The molecule has 5 heteroatoms. The fraction of sp³-hybridized carbons (Fsp3) is 0.417. The van der Waals surface area contributed by atoms with Gasteiger partial charge in [-0.25, -0.2) is 9.18 Å². The number of carbonyl (C=O) groups is 1. The first-order valence-electron chi connectivity index (χ1n) is 5.67. The minimum Gasteiger partial charge on any atom is -0.465 e. The highest BCUT2D eigenvalue weighted by molar-refractivity contribution is 5.64. The average Bonchev–Trinajstić information content (AvgIpc) is 2.79. The van der Waals surface area contributed by atoms with Crippen LogP contribution in [0.3, 0.4) is 0 Å². The van der Waals surface area contributed by atoms with Gasteiger partial charge in [-0.15, -0.1) is 0 Å². The first-order chi connectivity index (χ1) is 8.16. The van der Waals surface area contributed by atoms with E-state index in [1.165, 1.54) is 6.07 Å². The largest absolute Gasteiger partial charge is 0.465 e. The van der Waals surface area contributed by atoms with E-state index in [1.54, 1.807) is 12.1 Å². The molecule has 1 aromatic carbocycles. The standard InChI is InChI=1S/C12H15FN2O2/c13-10-7-9(8-14-12(16)17)3-4-11(10)15-5-1-2-6-15/h3-4,7,14H,1-2,5-6,8H2,(H,16,17). The number of nitrogens with zero attached hydrogens (tertiary/aromatic N) is 1. The van der Waals surface area contributed by atoms with E-state index in [-0.39, 0.29) is 12.4 Å². The molecule has 0 atom stereocenters. The summed E-state index contributed by atoms with van der Waals surface area (Å²) in [7, 11) is 0. The first kappa shape index (κ1) is 11.7. The molecule has 92 valence electrons. The van der Waals surface area contributed by atoms with Crippen LogP contribution < -0.4 is 10.2 Å². The number of amides is 1. The Kier molecular flexibility index (Phi) is 3.46. The minimum atomic E-state index is -1.10. The number of benzene rings is 1. The van der Waals surface area contributed by atoms with E-state index in [9.17, 15) is 9.18 Å². The molecule has 4 nitrogen and oxygen atoms in total. The molecule has 1 amide bonds. The predicted octanol–water partition coefficient (Wildman–Crippen LogP) is 2.19. The van der Waals surface area contributed by atoms with Gasteiger partial charge in [-0.3, -0.25) is 0 Å². The molecule has 0 bridgehead atoms. The van der Waals surface area contributed by atoms with Crippen molar-refractivity contribution in [2.45, 2.75) is 19.4 Å². The zero-order valence-electron chi connectivity index (χ0n) is 9.45. The molecule has 17 heavy (non-hydrogen) atoms. The van der Waals surface area contributed by atoms with Crippen molar-refractivity contribution < 1.29 is 14.3 Å². The number of nitrogens with one attached hydrogen (secondary N) is 1. The maximum absolute atomic E-state index is 13.8. The van der Waals surface area contributed by atoms with Crippen molar-refractivity contribution in [3.8, 4) is 0 Å². The molecular formula is C12H15FN2O2. The van der Waals surface area contributed by atoms with Crippen molar-refractivity contribution in [1.29, 1.82) is 0 Å². The van der Waals surface area contributed by atoms with Gasteiger partial charge >= 0.3 is 6.09 Å². The fourth-order valence-corrected chi connectivity index (χ4v) is 2.05. The molecule has 0 radical (unpaired) electrons. The van der Waals surface area contributed by atoms with E-state index in [2.05, 4.69) is 5.32 Å². The SMILES string of the molecule is O=C(O)NCc1ccc(N2CCCC2)c(F)c1. The Morgan fingerprint density at radius 1 is 1.41 bits per heavy atom. The van der Waals surface area contributed by atoms with Crippen LogP contribution in [-0.4, -0.2) is 24.3 Å². The molecule has 1 aliphatic heterocycles. The third kappa shape index (κ3) is 2.87. The van der Waals surface area contributed by atoms with E-state index >= 15 is 0 Å². The fourth-order valence-electron chi connectivity index (χ4n) is 2.05. The van der Waals surface area contributed by atoms with Crippen LogP contribution in [0.25, 0.3) is 0 Å². The van der Waals surface area contributed by atoms with E-state index in [1.807, 2.05) is 4.90 Å². The second-order valence-corrected chi connectivity index (χ2v) is 4.14. The Morgan fingerprint density at radius 2 is 2.12 bits per heavy atom. The van der Waals surface area contributed by atoms with E-state index in [4.69, 9.17) is 5.11 Å².